The van der Waals surface area contributed by atoms with Gasteiger partial charge in [-0.2, -0.15) is 0 Å². The second-order valence-corrected chi connectivity index (χ2v) is 12.0. The van der Waals surface area contributed by atoms with Crippen LogP contribution >= 0.6 is 0 Å². The van der Waals surface area contributed by atoms with Crippen molar-refractivity contribution in [2.24, 2.45) is 0 Å². The van der Waals surface area contributed by atoms with Crippen LogP contribution in [0.15, 0.2) is 30.3 Å². The van der Waals surface area contributed by atoms with E-state index < -0.39 is 0 Å². The first-order valence-electron chi connectivity index (χ1n) is 10.4. The Kier molecular flexibility index (Phi) is 4.28. The number of hydrogen-bond donors (Lipinski definition) is 0. The lowest BCUT2D eigenvalue weighted by molar-refractivity contribution is 0.548. The SMILES string of the molecule is CC(C)(C)c1ccc2c(c1)C(C)(C)c1c(C(C)(C)C)ccc(C(C)(C)C)c1-2. The molecule has 2 aromatic rings. The summed E-state index contributed by atoms with van der Waals surface area (Å²) in [6, 6.07) is 12.0. The van der Waals surface area contributed by atoms with Gasteiger partial charge in [-0.05, 0) is 55.2 Å². The maximum Gasteiger partial charge on any atom is 0.0162 e. The van der Waals surface area contributed by atoms with E-state index >= 15 is 0 Å². The summed E-state index contributed by atoms with van der Waals surface area (Å²) in [7, 11) is 0. The summed E-state index contributed by atoms with van der Waals surface area (Å²) in [6.45, 7) is 25.8. The Balaban J connectivity index is 2.44. The Morgan fingerprint density at radius 1 is 0.630 bits per heavy atom. The highest BCUT2D eigenvalue weighted by atomic mass is 14.5. The van der Waals surface area contributed by atoms with Crippen LogP contribution in [0.5, 0.6) is 0 Å². The molecule has 0 aliphatic heterocycles. The fraction of sp³-hybridized carbons (Fsp3) is 0.556. The highest BCUT2D eigenvalue weighted by Gasteiger charge is 2.42. The zero-order chi connectivity index (χ0) is 20.6. The van der Waals surface area contributed by atoms with E-state index in [1.165, 1.54) is 33.4 Å². The van der Waals surface area contributed by atoms with Crippen LogP contribution in [0.3, 0.4) is 0 Å². The molecule has 3 rings (SSSR count). The van der Waals surface area contributed by atoms with Crippen LogP contribution in [0, 0.1) is 0 Å². The third-order valence-corrected chi connectivity index (χ3v) is 6.27. The zero-order valence-corrected chi connectivity index (χ0v) is 19.4. The molecule has 146 valence electrons. The minimum absolute atomic E-state index is 0.0236. The summed E-state index contributed by atoms with van der Waals surface area (Å²) in [5, 5.41) is 0. The Morgan fingerprint density at radius 3 is 1.63 bits per heavy atom. The molecule has 0 saturated carbocycles. The summed E-state index contributed by atoms with van der Waals surface area (Å²) in [5.74, 6) is 0. The smallest absolute Gasteiger partial charge is 0.0162 e. The van der Waals surface area contributed by atoms with Gasteiger partial charge in [0, 0.05) is 5.41 Å². The van der Waals surface area contributed by atoms with E-state index in [9.17, 15) is 0 Å². The molecule has 0 saturated heterocycles. The Labute approximate surface area is 167 Å². The van der Waals surface area contributed by atoms with Gasteiger partial charge in [-0.1, -0.05) is 106 Å². The molecule has 0 spiro atoms. The molecule has 0 heteroatoms. The molecular formula is C27H38. The first kappa shape index (κ1) is 20.2. The van der Waals surface area contributed by atoms with Crippen LogP contribution in [-0.2, 0) is 21.7 Å². The number of hydrogen-bond acceptors (Lipinski definition) is 0. The van der Waals surface area contributed by atoms with E-state index in [2.05, 4.69) is 106 Å². The molecule has 0 bridgehead atoms. The van der Waals surface area contributed by atoms with Crippen molar-refractivity contribution >= 4 is 0 Å². The average Bonchev–Trinajstić information content (AvgIpc) is 2.72. The summed E-state index contributed by atoms with van der Waals surface area (Å²) < 4.78 is 0. The average molecular weight is 363 g/mol. The van der Waals surface area contributed by atoms with E-state index in [0.29, 0.717) is 0 Å². The first-order valence-corrected chi connectivity index (χ1v) is 10.4. The quantitative estimate of drug-likeness (QED) is 0.447. The normalized spacial score (nSPS) is 16.3. The van der Waals surface area contributed by atoms with E-state index in [1.54, 1.807) is 5.56 Å². The summed E-state index contributed by atoms with van der Waals surface area (Å²) in [5.41, 5.74) is 10.8. The molecule has 1 aliphatic carbocycles. The van der Waals surface area contributed by atoms with Gasteiger partial charge in [-0.15, -0.1) is 0 Å². The second-order valence-electron chi connectivity index (χ2n) is 12.0. The molecule has 1 aliphatic rings. The predicted molar refractivity (Wildman–Crippen MR) is 120 cm³/mol. The topological polar surface area (TPSA) is 0 Å². The Hall–Kier alpha value is -1.56. The van der Waals surface area contributed by atoms with E-state index in [4.69, 9.17) is 0 Å². The van der Waals surface area contributed by atoms with Gasteiger partial charge in [0.15, 0.2) is 0 Å². The lowest BCUT2D eigenvalue weighted by atomic mass is 9.71. The number of benzene rings is 2. The fourth-order valence-corrected chi connectivity index (χ4v) is 4.66. The molecular weight excluding hydrogens is 324 g/mol. The lowest BCUT2D eigenvalue weighted by Crippen LogP contribution is -2.25. The van der Waals surface area contributed by atoms with Gasteiger partial charge >= 0.3 is 0 Å². The molecule has 0 nitrogen and oxygen atoms in total. The molecule has 0 heterocycles. The maximum absolute atomic E-state index is 2.48. The Morgan fingerprint density at radius 2 is 1.15 bits per heavy atom. The standard InChI is InChI=1S/C27H38/c1-24(2,3)17-12-13-18-21(16-17)27(10,11)23-20(26(7,8)9)15-14-19(22(18)23)25(4,5)6/h12-16H,1-11H3. The van der Waals surface area contributed by atoms with Crippen LogP contribution in [0.2, 0.25) is 0 Å². The fourth-order valence-electron chi connectivity index (χ4n) is 4.66. The van der Waals surface area contributed by atoms with E-state index in [1.807, 2.05) is 0 Å². The summed E-state index contributed by atoms with van der Waals surface area (Å²) in [6.07, 6.45) is 0. The highest BCUT2D eigenvalue weighted by molar-refractivity contribution is 5.85. The molecule has 0 fully saturated rings. The molecule has 27 heavy (non-hydrogen) atoms. The van der Waals surface area contributed by atoms with Gasteiger partial charge in [0.25, 0.3) is 0 Å². The highest BCUT2D eigenvalue weighted by Crippen LogP contribution is 2.55. The van der Waals surface area contributed by atoms with Gasteiger partial charge in [0.1, 0.15) is 0 Å². The zero-order valence-electron chi connectivity index (χ0n) is 19.4. The van der Waals surface area contributed by atoms with Crippen LogP contribution in [0.25, 0.3) is 11.1 Å². The van der Waals surface area contributed by atoms with Crippen LogP contribution in [-0.4, -0.2) is 0 Å². The minimum atomic E-state index is 0.0236. The van der Waals surface area contributed by atoms with Gasteiger partial charge in [-0.3, -0.25) is 0 Å². The van der Waals surface area contributed by atoms with Crippen molar-refractivity contribution in [3.8, 4) is 11.1 Å². The third-order valence-electron chi connectivity index (χ3n) is 6.27. The molecule has 0 unspecified atom stereocenters. The van der Waals surface area contributed by atoms with Gasteiger partial charge in [-0.25, -0.2) is 0 Å². The number of fused-ring (bicyclic) bond motifs is 3. The molecule has 0 amide bonds. The Bertz CT molecular complexity index is 887. The summed E-state index contributed by atoms with van der Waals surface area (Å²) in [4.78, 5) is 0. The largest absolute Gasteiger partial charge is 0.0579 e. The van der Waals surface area contributed by atoms with Crippen molar-refractivity contribution in [1.82, 2.24) is 0 Å². The van der Waals surface area contributed by atoms with Crippen molar-refractivity contribution in [2.75, 3.05) is 0 Å². The predicted octanol–water partition coefficient (Wildman–Crippen LogP) is 7.89. The molecule has 0 radical (unpaired) electrons. The second kappa shape index (κ2) is 5.72. The van der Waals surface area contributed by atoms with Crippen molar-refractivity contribution < 1.29 is 0 Å². The molecule has 2 aromatic carbocycles. The van der Waals surface area contributed by atoms with Crippen molar-refractivity contribution in [3.05, 3.63) is 58.1 Å². The van der Waals surface area contributed by atoms with Crippen molar-refractivity contribution in [1.29, 1.82) is 0 Å². The lowest BCUT2D eigenvalue weighted by Gasteiger charge is -2.33. The van der Waals surface area contributed by atoms with Gasteiger partial charge < -0.3 is 0 Å². The van der Waals surface area contributed by atoms with Gasteiger partial charge in [0.05, 0.1) is 0 Å². The van der Waals surface area contributed by atoms with Crippen molar-refractivity contribution in [2.45, 2.75) is 97.8 Å². The molecule has 0 atom stereocenters. The molecule has 0 aromatic heterocycles. The monoisotopic (exact) mass is 362 g/mol. The van der Waals surface area contributed by atoms with Gasteiger partial charge in [0.2, 0.25) is 0 Å². The first-order chi connectivity index (χ1) is 12.1. The minimum Gasteiger partial charge on any atom is -0.0579 e. The van der Waals surface area contributed by atoms with Crippen LogP contribution in [0.4, 0.5) is 0 Å². The van der Waals surface area contributed by atoms with E-state index in [0.717, 1.165) is 0 Å². The molecule has 0 N–H and O–H groups in total. The number of rotatable bonds is 0. The third kappa shape index (κ3) is 3.16. The maximum atomic E-state index is 2.48. The van der Waals surface area contributed by atoms with Crippen LogP contribution in [0.1, 0.15) is 104 Å². The van der Waals surface area contributed by atoms with Crippen molar-refractivity contribution in [3.63, 3.8) is 0 Å². The van der Waals surface area contributed by atoms with E-state index in [-0.39, 0.29) is 21.7 Å². The van der Waals surface area contributed by atoms with Crippen LogP contribution < -0.4 is 0 Å². The summed E-state index contributed by atoms with van der Waals surface area (Å²) >= 11 is 0.